The molecule has 0 atom stereocenters. The highest BCUT2D eigenvalue weighted by Crippen LogP contribution is 2.12. The molecule has 1 aromatic heterocycles. The highest BCUT2D eigenvalue weighted by Gasteiger charge is 1.97. The van der Waals surface area contributed by atoms with Crippen LogP contribution in [-0.4, -0.2) is 10.2 Å². The van der Waals surface area contributed by atoms with Gasteiger partial charge in [-0.05, 0) is 35.1 Å². The molecule has 2 aliphatic rings. The van der Waals surface area contributed by atoms with Crippen molar-refractivity contribution in [3.8, 4) is 0 Å². The summed E-state index contributed by atoms with van der Waals surface area (Å²) in [6.07, 6.45) is 1.25. The summed E-state index contributed by atoms with van der Waals surface area (Å²) in [6.45, 7) is 2.14. The lowest BCUT2D eigenvalue weighted by Crippen LogP contribution is -1.88. The number of hydrogen-bond acceptors (Lipinski definition) is 3. The van der Waals surface area contributed by atoms with Crippen molar-refractivity contribution in [1.29, 1.82) is 0 Å². The maximum atomic E-state index is 4.48. The SMILES string of the molecule is Cc1cc2ccc1=2.S=c1[nH]nco1. The predicted molar refractivity (Wildman–Crippen MR) is 50.5 cm³/mol. The van der Waals surface area contributed by atoms with E-state index in [1.165, 1.54) is 22.4 Å². The van der Waals surface area contributed by atoms with E-state index in [0.29, 0.717) is 4.84 Å². The number of aryl methyl sites for hydroxylation is 1. The molecule has 4 heteroatoms. The third-order valence-electron chi connectivity index (χ3n) is 1.91. The summed E-state index contributed by atoms with van der Waals surface area (Å²) in [5.41, 5.74) is 1.44. The van der Waals surface area contributed by atoms with E-state index in [4.69, 9.17) is 0 Å². The molecule has 0 saturated carbocycles. The first-order valence-corrected chi connectivity index (χ1v) is 4.27. The van der Waals surface area contributed by atoms with Gasteiger partial charge in [-0.1, -0.05) is 18.2 Å². The van der Waals surface area contributed by atoms with Gasteiger partial charge in [-0.3, -0.25) is 0 Å². The third-order valence-corrected chi connectivity index (χ3v) is 2.09. The van der Waals surface area contributed by atoms with E-state index >= 15 is 0 Å². The Hall–Kier alpha value is -1.42. The summed E-state index contributed by atoms with van der Waals surface area (Å²) >= 11 is 4.46. The first kappa shape index (κ1) is 8.19. The fourth-order valence-electron chi connectivity index (χ4n) is 1.16. The van der Waals surface area contributed by atoms with E-state index in [2.05, 4.69) is 52.0 Å². The highest BCUT2D eigenvalue weighted by atomic mass is 32.1. The summed E-state index contributed by atoms with van der Waals surface area (Å²) in [6, 6.07) is 6.50. The van der Waals surface area contributed by atoms with E-state index in [1.807, 2.05) is 0 Å². The Balaban J connectivity index is 0.000000102. The number of rotatable bonds is 0. The molecule has 0 aliphatic heterocycles. The van der Waals surface area contributed by atoms with Gasteiger partial charge in [-0.15, -0.1) is 5.10 Å². The van der Waals surface area contributed by atoms with Crippen molar-refractivity contribution in [2.24, 2.45) is 0 Å². The Bertz CT molecular complexity index is 539. The second-order valence-corrected chi connectivity index (χ2v) is 3.15. The van der Waals surface area contributed by atoms with Crippen molar-refractivity contribution in [3.05, 3.63) is 45.4 Å². The molecule has 0 spiro atoms. The van der Waals surface area contributed by atoms with Crippen LogP contribution < -0.4 is 0 Å². The minimum absolute atomic E-state index is 0.315. The van der Waals surface area contributed by atoms with Crippen LogP contribution in [0.15, 0.2) is 29.0 Å². The topological polar surface area (TPSA) is 41.8 Å². The van der Waals surface area contributed by atoms with Crippen molar-refractivity contribution in [2.45, 2.75) is 6.92 Å². The summed E-state index contributed by atoms with van der Waals surface area (Å²) in [5, 5.41) is 8.74. The molecule has 0 radical (unpaired) electrons. The second-order valence-electron chi connectivity index (χ2n) is 2.78. The molecule has 0 saturated heterocycles. The molecule has 1 N–H and O–H groups in total. The molecule has 1 aromatic rings. The first-order valence-electron chi connectivity index (χ1n) is 3.86. The summed E-state index contributed by atoms with van der Waals surface area (Å²) < 4.78 is 4.48. The van der Waals surface area contributed by atoms with Crippen LogP contribution in [0.2, 0.25) is 0 Å². The van der Waals surface area contributed by atoms with Gasteiger partial charge < -0.3 is 4.42 Å². The normalized spacial score (nSPS) is 10.2. The zero-order valence-electron chi connectivity index (χ0n) is 7.07. The van der Waals surface area contributed by atoms with Gasteiger partial charge in [0.1, 0.15) is 0 Å². The first-order chi connectivity index (χ1) is 6.27. The van der Waals surface area contributed by atoms with Gasteiger partial charge in [-0.25, -0.2) is 5.10 Å². The van der Waals surface area contributed by atoms with Crippen molar-refractivity contribution >= 4 is 12.2 Å². The van der Waals surface area contributed by atoms with Crippen molar-refractivity contribution in [2.75, 3.05) is 0 Å². The Morgan fingerprint density at radius 1 is 1.46 bits per heavy atom. The van der Waals surface area contributed by atoms with Gasteiger partial charge in [0.25, 0.3) is 4.84 Å². The molecule has 66 valence electrons. The summed E-state index contributed by atoms with van der Waals surface area (Å²) in [4.78, 5) is 0.315. The monoisotopic (exact) mass is 192 g/mol. The van der Waals surface area contributed by atoms with Gasteiger partial charge in [0.05, 0.1) is 0 Å². The van der Waals surface area contributed by atoms with Crippen LogP contribution in [0.1, 0.15) is 5.56 Å². The zero-order valence-corrected chi connectivity index (χ0v) is 7.89. The molecule has 1 heterocycles. The lowest BCUT2D eigenvalue weighted by atomic mass is 10.0. The molecule has 2 aliphatic carbocycles. The average Bonchev–Trinajstić information content (AvgIpc) is 2.52. The molecule has 0 aromatic carbocycles. The van der Waals surface area contributed by atoms with Gasteiger partial charge >= 0.3 is 0 Å². The van der Waals surface area contributed by atoms with Crippen LogP contribution >= 0.6 is 12.2 Å². The van der Waals surface area contributed by atoms with Crippen molar-refractivity contribution in [1.82, 2.24) is 10.2 Å². The van der Waals surface area contributed by atoms with E-state index in [1.54, 1.807) is 0 Å². The van der Waals surface area contributed by atoms with Crippen LogP contribution in [0.25, 0.3) is 0 Å². The van der Waals surface area contributed by atoms with E-state index in [-0.39, 0.29) is 0 Å². The van der Waals surface area contributed by atoms with Crippen LogP contribution in [0.4, 0.5) is 0 Å². The van der Waals surface area contributed by atoms with Gasteiger partial charge in [0, 0.05) is 0 Å². The summed E-state index contributed by atoms with van der Waals surface area (Å²) in [5.74, 6) is 0. The van der Waals surface area contributed by atoms with E-state index in [9.17, 15) is 0 Å². The number of hydrogen-bond donors (Lipinski definition) is 1. The average molecular weight is 192 g/mol. The largest absolute Gasteiger partial charge is 0.417 e. The number of H-pyrrole nitrogens is 1. The van der Waals surface area contributed by atoms with Gasteiger partial charge in [0.15, 0.2) is 0 Å². The Labute approximate surface area is 79.7 Å². The molecule has 0 fully saturated rings. The number of aromatic nitrogens is 2. The van der Waals surface area contributed by atoms with Crippen LogP contribution in [0.5, 0.6) is 0 Å². The molecule has 3 nitrogen and oxygen atoms in total. The van der Waals surface area contributed by atoms with E-state index < -0.39 is 0 Å². The minimum atomic E-state index is 0.315. The minimum Gasteiger partial charge on any atom is -0.417 e. The number of aromatic amines is 1. The fraction of sp³-hybridized carbons (Fsp3) is 0.111. The van der Waals surface area contributed by atoms with Crippen LogP contribution in [0, 0.1) is 22.2 Å². The maximum absolute atomic E-state index is 4.48. The van der Waals surface area contributed by atoms with Gasteiger partial charge in [-0.2, -0.15) is 0 Å². The maximum Gasteiger partial charge on any atom is 0.284 e. The lowest BCUT2D eigenvalue weighted by Gasteiger charge is -2.04. The molecule has 0 amide bonds. The van der Waals surface area contributed by atoms with Crippen molar-refractivity contribution in [3.63, 3.8) is 0 Å². The molecule has 0 unspecified atom stereocenters. The van der Waals surface area contributed by atoms with E-state index in [0.717, 1.165) is 0 Å². The number of nitrogens with one attached hydrogen (secondary N) is 1. The lowest BCUT2D eigenvalue weighted by molar-refractivity contribution is 0.537. The van der Waals surface area contributed by atoms with Crippen LogP contribution in [-0.2, 0) is 0 Å². The predicted octanol–water partition coefficient (Wildman–Crippen LogP) is 2.33. The second kappa shape index (κ2) is 3.14. The van der Waals surface area contributed by atoms with Crippen LogP contribution in [0.3, 0.4) is 0 Å². The molecular formula is C9H8N2OS. The smallest absolute Gasteiger partial charge is 0.284 e. The molecule has 3 rings (SSSR count). The zero-order chi connectivity index (χ0) is 9.26. The van der Waals surface area contributed by atoms with Crippen molar-refractivity contribution < 1.29 is 4.42 Å². The molecule has 0 bridgehead atoms. The Morgan fingerprint density at radius 2 is 2.31 bits per heavy atom. The third kappa shape index (κ3) is 1.53. The molecular weight excluding hydrogens is 184 g/mol. The standard InChI is InChI=1S/C7H6.C2H2N2OS/c1-5-4-6-2-3-7(5)6;6-2-4-3-1-5-2/h2-4H,1H3;1H,(H,4,6). The Kier molecular flexibility index (Phi) is 1.98. The Morgan fingerprint density at radius 3 is 2.38 bits per heavy atom. The molecule has 13 heavy (non-hydrogen) atoms. The quantitative estimate of drug-likeness (QED) is 0.556. The summed E-state index contributed by atoms with van der Waals surface area (Å²) in [7, 11) is 0. The van der Waals surface area contributed by atoms with Gasteiger partial charge in [0.2, 0.25) is 6.39 Å². The highest BCUT2D eigenvalue weighted by molar-refractivity contribution is 7.71. The fourth-order valence-corrected chi connectivity index (χ4v) is 1.26. The number of benzene rings is 1. The number of nitrogens with zero attached hydrogens (tertiary/aromatic N) is 1.